The topological polar surface area (TPSA) is 113 Å². The van der Waals surface area contributed by atoms with Crippen molar-refractivity contribution < 1.29 is 33.7 Å². The Hall–Kier alpha value is -2.29. The first-order valence-corrected chi connectivity index (χ1v) is 10.7. The zero-order chi connectivity index (χ0) is 22.4. The highest BCUT2D eigenvalue weighted by Gasteiger charge is 2.75. The Bertz CT molecular complexity index is 885. The molecule has 2 aliphatic rings. The number of carbonyl (C=O) groups excluding carboxylic acids is 1. The van der Waals surface area contributed by atoms with Gasteiger partial charge in [0.25, 0.3) is 0 Å². The molecule has 2 saturated carbocycles. The van der Waals surface area contributed by atoms with Crippen molar-refractivity contribution in [2.24, 2.45) is 23.7 Å². The van der Waals surface area contributed by atoms with Gasteiger partial charge in [-0.2, -0.15) is 0 Å². The smallest absolute Gasteiger partial charge is 0.408 e. The highest BCUT2D eigenvalue weighted by molar-refractivity contribution is 7.99. The van der Waals surface area contributed by atoms with Gasteiger partial charge in [0.2, 0.25) is 0 Å². The molecule has 3 rings (SSSR count). The average Bonchev–Trinajstić information content (AvgIpc) is 3.24. The van der Waals surface area contributed by atoms with E-state index in [1.54, 1.807) is 39.8 Å². The SMILES string of the molecule is Cc1cc(SCC2CC3C(C(=O)O)C3[C@]2(NC(=O)OC(C)(C)C)C(=O)O)ccc1F. The molecule has 2 fully saturated rings. The number of carboxylic acid groups (broad SMARTS) is 2. The fraction of sp³-hybridized carbons (Fsp3) is 0.571. The number of carbonyl (C=O) groups is 3. The highest BCUT2D eigenvalue weighted by atomic mass is 32.2. The Balaban J connectivity index is 1.85. The van der Waals surface area contributed by atoms with Crippen LogP contribution >= 0.6 is 11.8 Å². The lowest BCUT2D eigenvalue weighted by atomic mass is 9.81. The summed E-state index contributed by atoms with van der Waals surface area (Å²) in [6.45, 7) is 6.64. The van der Waals surface area contributed by atoms with Gasteiger partial charge in [0.1, 0.15) is 17.0 Å². The third-order valence-corrected chi connectivity index (χ3v) is 6.98. The molecule has 1 aromatic rings. The second kappa shape index (κ2) is 7.76. The van der Waals surface area contributed by atoms with E-state index in [4.69, 9.17) is 4.74 Å². The third kappa shape index (κ3) is 4.12. The van der Waals surface area contributed by atoms with Crippen molar-refractivity contribution in [1.82, 2.24) is 5.32 Å². The van der Waals surface area contributed by atoms with Crippen LogP contribution in [0.15, 0.2) is 23.1 Å². The maximum atomic E-state index is 13.5. The van der Waals surface area contributed by atoms with Crippen molar-refractivity contribution in [2.75, 3.05) is 5.75 Å². The van der Waals surface area contributed by atoms with Crippen LogP contribution in [0.5, 0.6) is 0 Å². The van der Waals surface area contributed by atoms with Gasteiger partial charge in [0.15, 0.2) is 0 Å². The zero-order valence-corrected chi connectivity index (χ0v) is 18.1. The van der Waals surface area contributed by atoms with Gasteiger partial charge < -0.3 is 20.3 Å². The van der Waals surface area contributed by atoms with E-state index in [-0.39, 0.29) is 11.7 Å². The minimum Gasteiger partial charge on any atom is -0.481 e. The first-order chi connectivity index (χ1) is 13.9. The largest absolute Gasteiger partial charge is 0.481 e. The first kappa shape index (κ1) is 22.4. The van der Waals surface area contributed by atoms with E-state index in [2.05, 4.69) is 5.32 Å². The Morgan fingerprint density at radius 1 is 1.30 bits per heavy atom. The standard InChI is InChI=1S/C21H26FNO6S/c1-10-7-12(5-6-14(10)22)30-9-11-8-13-15(17(24)25)16(13)21(11,18(26)27)23-19(28)29-20(2,3)4/h5-7,11,13,15-16H,8-9H2,1-4H3,(H,23,28)(H,24,25)(H,26,27)/t11?,13?,15?,16?,21-/m0/s1. The van der Waals surface area contributed by atoms with Gasteiger partial charge in [-0.25, -0.2) is 14.0 Å². The van der Waals surface area contributed by atoms with Crippen LogP contribution in [0, 0.1) is 36.4 Å². The average molecular weight is 440 g/mol. The Morgan fingerprint density at radius 3 is 2.50 bits per heavy atom. The van der Waals surface area contributed by atoms with Gasteiger partial charge in [-0.05, 0) is 63.8 Å². The lowest BCUT2D eigenvalue weighted by Gasteiger charge is -2.36. The molecule has 30 heavy (non-hydrogen) atoms. The molecular formula is C21H26FNO6S. The van der Waals surface area contributed by atoms with Gasteiger partial charge in [-0.15, -0.1) is 11.8 Å². The lowest BCUT2D eigenvalue weighted by molar-refractivity contribution is -0.149. The van der Waals surface area contributed by atoms with Gasteiger partial charge in [0.05, 0.1) is 5.92 Å². The first-order valence-electron chi connectivity index (χ1n) is 9.73. The van der Waals surface area contributed by atoms with Gasteiger partial charge in [0, 0.05) is 22.5 Å². The van der Waals surface area contributed by atoms with Crippen molar-refractivity contribution >= 4 is 29.8 Å². The number of carboxylic acids is 2. The number of rotatable bonds is 6. The summed E-state index contributed by atoms with van der Waals surface area (Å²) in [7, 11) is 0. The number of hydrogen-bond donors (Lipinski definition) is 3. The maximum Gasteiger partial charge on any atom is 0.408 e. The molecule has 7 nitrogen and oxygen atoms in total. The minimum atomic E-state index is -1.72. The zero-order valence-electron chi connectivity index (χ0n) is 17.3. The number of aliphatic carboxylic acids is 2. The summed E-state index contributed by atoms with van der Waals surface area (Å²) in [5.74, 6) is -4.60. The Morgan fingerprint density at radius 2 is 1.97 bits per heavy atom. The molecular weight excluding hydrogens is 413 g/mol. The number of ether oxygens (including phenoxy) is 1. The van der Waals surface area contributed by atoms with Crippen LogP contribution in [0.25, 0.3) is 0 Å². The van der Waals surface area contributed by atoms with E-state index < -0.39 is 46.9 Å². The number of halogens is 1. The van der Waals surface area contributed by atoms with Gasteiger partial charge >= 0.3 is 18.0 Å². The number of aryl methyl sites for hydroxylation is 1. The van der Waals surface area contributed by atoms with Crippen LogP contribution in [0.1, 0.15) is 32.8 Å². The van der Waals surface area contributed by atoms with E-state index in [1.165, 1.54) is 17.8 Å². The molecule has 0 aliphatic heterocycles. The molecule has 0 bridgehead atoms. The van der Waals surface area contributed by atoms with Crippen LogP contribution < -0.4 is 5.32 Å². The number of thioether (sulfide) groups is 1. The normalized spacial score (nSPS) is 29.8. The molecule has 1 aromatic carbocycles. The number of hydrogen-bond acceptors (Lipinski definition) is 5. The van der Waals surface area contributed by atoms with Crippen LogP contribution in [-0.4, -0.2) is 45.1 Å². The number of nitrogens with one attached hydrogen (secondary N) is 1. The van der Waals surface area contributed by atoms with Gasteiger partial charge in [-0.3, -0.25) is 4.79 Å². The monoisotopic (exact) mass is 439 g/mol. The summed E-state index contributed by atoms with van der Waals surface area (Å²) in [6, 6.07) is 4.65. The summed E-state index contributed by atoms with van der Waals surface area (Å²) in [6.07, 6.45) is -0.508. The Kier molecular flexibility index (Phi) is 5.79. The van der Waals surface area contributed by atoms with E-state index in [0.29, 0.717) is 17.7 Å². The van der Waals surface area contributed by atoms with E-state index in [9.17, 15) is 29.0 Å². The quantitative estimate of drug-likeness (QED) is 0.581. The highest BCUT2D eigenvalue weighted by Crippen LogP contribution is 2.65. The van der Waals surface area contributed by atoms with E-state index in [0.717, 1.165) is 4.90 Å². The van der Waals surface area contributed by atoms with Crippen LogP contribution in [0.3, 0.4) is 0 Å². The molecule has 3 N–H and O–H groups in total. The maximum absolute atomic E-state index is 13.5. The summed E-state index contributed by atoms with van der Waals surface area (Å²) < 4.78 is 18.8. The molecule has 0 heterocycles. The second-order valence-corrected chi connectivity index (χ2v) is 10.1. The van der Waals surface area contributed by atoms with Crippen molar-refractivity contribution in [3.63, 3.8) is 0 Å². The van der Waals surface area contributed by atoms with Crippen LogP contribution in [0.4, 0.5) is 9.18 Å². The molecule has 164 valence electrons. The number of alkyl carbamates (subject to hydrolysis) is 1. The van der Waals surface area contributed by atoms with Crippen LogP contribution in [0.2, 0.25) is 0 Å². The molecule has 1 amide bonds. The molecule has 9 heteroatoms. The molecule has 5 atom stereocenters. The van der Waals surface area contributed by atoms with Gasteiger partial charge in [-0.1, -0.05) is 0 Å². The molecule has 0 spiro atoms. The molecule has 2 aliphatic carbocycles. The lowest BCUT2D eigenvalue weighted by Crippen LogP contribution is -2.61. The van der Waals surface area contributed by atoms with E-state index in [1.807, 2.05) is 0 Å². The molecule has 0 saturated heterocycles. The predicted molar refractivity (Wildman–Crippen MR) is 108 cm³/mol. The summed E-state index contributed by atoms with van der Waals surface area (Å²) >= 11 is 1.36. The van der Waals surface area contributed by atoms with Crippen molar-refractivity contribution in [3.05, 3.63) is 29.6 Å². The van der Waals surface area contributed by atoms with Crippen LogP contribution in [-0.2, 0) is 14.3 Å². The second-order valence-electron chi connectivity index (χ2n) is 9.01. The third-order valence-electron chi connectivity index (χ3n) is 5.82. The number of amides is 1. The molecule has 4 unspecified atom stereocenters. The predicted octanol–water partition coefficient (Wildman–Crippen LogP) is 3.54. The number of fused-ring (bicyclic) bond motifs is 1. The Labute approximate surface area is 178 Å². The summed E-state index contributed by atoms with van der Waals surface area (Å²) in [5.41, 5.74) is -2.07. The van der Waals surface area contributed by atoms with E-state index >= 15 is 0 Å². The van der Waals surface area contributed by atoms with Crippen molar-refractivity contribution in [3.8, 4) is 0 Å². The molecule has 0 aromatic heterocycles. The minimum absolute atomic E-state index is 0.311. The van der Waals surface area contributed by atoms with Crippen molar-refractivity contribution in [2.45, 2.75) is 50.2 Å². The fourth-order valence-corrected chi connectivity index (χ4v) is 5.76. The summed E-state index contributed by atoms with van der Waals surface area (Å²) in [5, 5.41) is 22.1. The van der Waals surface area contributed by atoms with Crippen molar-refractivity contribution in [1.29, 1.82) is 0 Å². The summed E-state index contributed by atoms with van der Waals surface area (Å²) in [4.78, 5) is 37.3. The molecule has 0 radical (unpaired) electrons. The number of benzene rings is 1. The fourth-order valence-electron chi connectivity index (χ4n) is 4.54.